The maximum absolute atomic E-state index is 13.2. The SMILES string of the molecule is COc1ccc2c(c1)C(=O)c1c-2nc2ccccc2c1NCCN(C)C.Cl.Cl. The van der Waals surface area contributed by atoms with Crippen molar-refractivity contribution in [2.75, 3.05) is 39.6 Å². The van der Waals surface area contributed by atoms with Crippen molar-refractivity contribution in [2.45, 2.75) is 0 Å². The van der Waals surface area contributed by atoms with Gasteiger partial charge in [0, 0.05) is 29.6 Å². The molecule has 3 aromatic rings. The topological polar surface area (TPSA) is 54.5 Å². The molecule has 0 radical (unpaired) electrons. The van der Waals surface area contributed by atoms with Gasteiger partial charge in [-0.1, -0.05) is 18.2 Å². The van der Waals surface area contributed by atoms with Gasteiger partial charge in [-0.15, -0.1) is 24.8 Å². The molecule has 0 amide bonds. The molecule has 0 atom stereocenters. The van der Waals surface area contributed by atoms with Crippen LogP contribution in [0.3, 0.4) is 0 Å². The number of ketones is 1. The van der Waals surface area contributed by atoms with E-state index in [-0.39, 0.29) is 30.6 Å². The largest absolute Gasteiger partial charge is 0.497 e. The van der Waals surface area contributed by atoms with Crippen LogP contribution in [0.2, 0.25) is 0 Å². The molecule has 1 aromatic heterocycles. The smallest absolute Gasteiger partial charge is 0.198 e. The summed E-state index contributed by atoms with van der Waals surface area (Å²) in [5, 5.41) is 4.45. The molecular formula is C21H23Cl2N3O2. The fourth-order valence-corrected chi connectivity index (χ4v) is 3.40. The minimum atomic E-state index is -0.000457. The molecule has 5 nitrogen and oxygen atoms in total. The van der Waals surface area contributed by atoms with Crippen molar-refractivity contribution in [1.82, 2.24) is 9.88 Å². The first kappa shape index (κ1) is 22.0. The zero-order chi connectivity index (χ0) is 18.3. The number of rotatable bonds is 5. The highest BCUT2D eigenvalue weighted by Gasteiger charge is 2.32. The van der Waals surface area contributed by atoms with E-state index in [9.17, 15) is 4.79 Å². The number of ether oxygens (including phenoxy) is 1. The van der Waals surface area contributed by atoms with Gasteiger partial charge in [-0.25, -0.2) is 4.98 Å². The molecule has 148 valence electrons. The van der Waals surface area contributed by atoms with Gasteiger partial charge in [0.05, 0.1) is 29.6 Å². The van der Waals surface area contributed by atoms with E-state index in [4.69, 9.17) is 9.72 Å². The molecule has 1 N–H and O–H groups in total. The van der Waals surface area contributed by atoms with Crippen LogP contribution in [-0.4, -0.2) is 50.0 Å². The number of pyridine rings is 1. The van der Waals surface area contributed by atoms with Crippen LogP contribution in [0.25, 0.3) is 22.2 Å². The van der Waals surface area contributed by atoms with Gasteiger partial charge in [0.1, 0.15) is 5.75 Å². The molecule has 0 saturated carbocycles. The van der Waals surface area contributed by atoms with Crippen molar-refractivity contribution in [1.29, 1.82) is 0 Å². The maximum Gasteiger partial charge on any atom is 0.198 e. The quantitative estimate of drug-likeness (QED) is 0.523. The second-order valence-electron chi connectivity index (χ2n) is 6.70. The lowest BCUT2D eigenvalue weighted by atomic mass is 10.0. The molecule has 28 heavy (non-hydrogen) atoms. The molecule has 2 aromatic carbocycles. The Kier molecular flexibility index (Phi) is 6.88. The molecule has 1 aliphatic rings. The van der Waals surface area contributed by atoms with Crippen molar-refractivity contribution in [3.63, 3.8) is 0 Å². The lowest BCUT2D eigenvalue weighted by Crippen LogP contribution is -2.21. The van der Waals surface area contributed by atoms with Gasteiger partial charge in [0.15, 0.2) is 5.78 Å². The maximum atomic E-state index is 13.2. The summed E-state index contributed by atoms with van der Waals surface area (Å²) in [7, 11) is 5.67. The molecule has 0 spiro atoms. The summed E-state index contributed by atoms with van der Waals surface area (Å²) in [5.74, 6) is 0.677. The number of nitrogens with one attached hydrogen (secondary N) is 1. The van der Waals surface area contributed by atoms with E-state index >= 15 is 0 Å². The number of anilines is 1. The Morgan fingerprint density at radius 2 is 1.82 bits per heavy atom. The fraction of sp³-hybridized carbons (Fsp3) is 0.238. The number of carbonyl (C=O) groups is 1. The van der Waals surface area contributed by atoms with Gasteiger partial charge in [-0.05, 0) is 38.4 Å². The number of fused-ring (bicyclic) bond motifs is 4. The van der Waals surface area contributed by atoms with Crippen LogP contribution in [-0.2, 0) is 0 Å². The summed E-state index contributed by atoms with van der Waals surface area (Å²) < 4.78 is 5.29. The zero-order valence-corrected chi connectivity index (χ0v) is 17.6. The van der Waals surface area contributed by atoms with E-state index in [0.717, 1.165) is 40.9 Å². The Morgan fingerprint density at radius 1 is 1.07 bits per heavy atom. The van der Waals surface area contributed by atoms with Gasteiger partial charge in [0.2, 0.25) is 0 Å². The van der Waals surface area contributed by atoms with E-state index in [1.165, 1.54) is 0 Å². The van der Waals surface area contributed by atoms with Crippen molar-refractivity contribution in [2.24, 2.45) is 0 Å². The van der Waals surface area contributed by atoms with Crippen LogP contribution in [0, 0.1) is 0 Å². The molecule has 1 heterocycles. The predicted octanol–water partition coefficient (Wildman–Crippen LogP) is 4.27. The summed E-state index contributed by atoms with van der Waals surface area (Å²) in [6.07, 6.45) is 0. The number of methoxy groups -OCH3 is 1. The van der Waals surface area contributed by atoms with E-state index < -0.39 is 0 Å². The second kappa shape index (κ2) is 8.78. The van der Waals surface area contributed by atoms with Gasteiger partial charge in [-0.3, -0.25) is 4.79 Å². The van der Waals surface area contributed by atoms with Crippen LogP contribution in [0.5, 0.6) is 5.75 Å². The number of likely N-dealkylation sites (N-methyl/N-ethyl adjacent to an activating group) is 1. The third-order valence-electron chi connectivity index (χ3n) is 4.71. The number of aromatic nitrogens is 1. The number of para-hydroxylation sites is 1. The number of carbonyl (C=O) groups excluding carboxylic acids is 1. The van der Waals surface area contributed by atoms with Gasteiger partial charge in [0.25, 0.3) is 0 Å². The first-order chi connectivity index (χ1) is 12.6. The van der Waals surface area contributed by atoms with E-state index in [0.29, 0.717) is 16.9 Å². The normalized spacial score (nSPS) is 11.5. The summed E-state index contributed by atoms with van der Waals surface area (Å²) >= 11 is 0. The van der Waals surface area contributed by atoms with Gasteiger partial charge < -0.3 is 15.0 Å². The van der Waals surface area contributed by atoms with Crippen LogP contribution in [0.15, 0.2) is 42.5 Å². The Balaban J connectivity index is 0.00000140. The zero-order valence-electron chi connectivity index (χ0n) is 16.0. The monoisotopic (exact) mass is 419 g/mol. The van der Waals surface area contributed by atoms with Crippen LogP contribution < -0.4 is 10.1 Å². The summed E-state index contributed by atoms with van der Waals surface area (Å²) in [6.45, 7) is 1.63. The second-order valence-corrected chi connectivity index (χ2v) is 6.70. The molecule has 4 rings (SSSR count). The Bertz CT molecular complexity index is 1020. The summed E-state index contributed by atoms with van der Waals surface area (Å²) in [5.41, 5.74) is 4.68. The highest BCUT2D eigenvalue weighted by Crippen LogP contribution is 2.43. The third kappa shape index (κ3) is 3.65. The molecule has 0 saturated heterocycles. The number of hydrogen-bond donors (Lipinski definition) is 1. The average molecular weight is 420 g/mol. The molecular weight excluding hydrogens is 397 g/mol. The van der Waals surface area contributed by atoms with Crippen LogP contribution in [0.1, 0.15) is 15.9 Å². The van der Waals surface area contributed by atoms with Crippen molar-refractivity contribution in [3.05, 3.63) is 53.6 Å². The fourth-order valence-electron chi connectivity index (χ4n) is 3.40. The lowest BCUT2D eigenvalue weighted by molar-refractivity contribution is 0.104. The first-order valence-electron chi connectivity index (χ1n) is 8.64. The Morgan fingerprint density at radius 3 is 2.54 bits per heavy atom. The molecule has 0 fully saturated rings. The minimum absolute atomic E-state index is 0. The Labute approximate surface area is 176 Å². The van der Waals surface area contributed by atoms with Gasteiger partial charge in [-0.2, -0.15) is 0 Å². The first-order valence-corrected chi connectivity index (χ1v) is 8.64. The van der Waals surface area contributed by atoms with Crippen LogP contribution >= 0.6 is 24.8 Å². The van der Waals surface area contributed by atoms with Crippen molar-refractivity contribution in [3.8, 4) is 17.0 Å². The lowest BCUT2D eigenvalue weighted by Gasteiger charge is -2.16. The number of benzene rings is 2. The highest BCUT2D eigenvalue weighted by atomic mass is 35.5. The minimum Gasteiger partial charge on any atom is -0.497 e. The molecule has 7 heteroatoms. The molecule has 0 aliphatic heterocycles. The molecule has 0 bridgehead atoms. The standard InChI is InChI=1S/C21H21N3O2.2ClH/c1-24(2)11-10-22-19-15-6-4-5-7-17(15)23-20-14-9-8-13(26-3)12-16(14)21(25)18(19)20;;/h4-9,12H,10-11H2,1-3H3,(H,22,23);2*1H. The van der Waals surface area contributed by atoms with E-state index in [1.54, 1.807) is 13.2 Å². The van der Waals surface area contributed by atoms with E-state index in [1.807, 2.05) is 50.5 Å². The summed E-state index contributed by atoms with van der Waals surface area (Å²) in [6, 6.07) is 13.5. The number of nitrogens with zero attached hydrogens (tertiary/aromatic N) is 2. The van der Waals surface area contributed by atoms with Crippen molar-refractivity contribution < 1.29 is 9.53 Å². The Hall–Kier alpha value is -2.34. The van der Waals surface area contributed by atoms with E-state index in [2.05, 4.69) is 10.2 Å². The molecule has 0 unspecified atom stereocenters. The highest BCUT2D eigenvalue weighted by molar-refractivity contribution is 6.26. The third-order valence-corrected chi connectivity index (χ3v) is 4.71. The summed E-state index contributed by atoms with van der Waals surface area (Å²) in [4.78, 5) is 20.1. The number of hydrogen-bond acceptors (Lipinski definition) is 5. The molecule has 1 aliphatic carbocycles. The average Bonchev–Trinajstić information content (AvgIpc) is 2.92. The predicted molar refractivity (Wildman–Crippen MR) is 119 cm³/mol. The number of halogens is 2. The van der Waals surface area contributed by atoms with Crippen LogP contribution in [0.4, 0.5) is 5.69 Å². The van der Waals surface area contributed by atoms with Gasteiger partial charge >= 0.3 is 0 Å². The van der Waals surface area contributed by atoms with Crippen molar-refractivity contribution >= 4 is 47.2 Å².